The largest absolute Gasteiger partial charge is 0.317 e. The van der Waals surface area contributed by atoms with Gasteiger partial charge in [-0.2, -0.15) is 0 Å². The summed E-state index contributed by atoms with van der Waals surface area (Å²) in [4.78, 5) is 21.0. The molecule has 0 spiro atoms. The molecule has 422 valence electrons. The van der Waals surface area contributed by atoms with Crippen molar-refractivity contribution in [2.75, 3.05) is 0 Å². The lowest BCUT2D eigenvalue weighted by molar-refractivity contribution is 1.04. The predicted octanol–water partition coefficient (Wildman–Crippen LogP) is 22.8. The third-order valence-electron chi connectivity index (χ3n) is 17.7. The van der Waals surface area contributed by atoms with Crippen molar-refractivity contribution in [3.8, 4) is 73.5 Å². The van der Waals surface area contributed by atoms with Crippen LogP contribution in [0.2, 0.25) is 0 Å². The van der Waals surface area contributed by atoms with Crippen LogP contribution in [-0.4, -0.2) is 28.7 Å². The number of aromatic nitrogens is 6. The van der Waals surface area contributed by atoms with Gasteiger partial charge in [0.25, 0.3) is 0 Å². The molecule has 7 nitrogen and oxygen atoms in total. The summed E-state index contributed by atoms with van der Waals surface area (Å²) in [7, 11) is 0. The van der Waals surface area contributed by atoms with Crippen LogP contribution in [0.1, 0.15) is 13.7 Å². The molecule has 13 aromatic carbocycles. The molecule has 0 saturated carbocycles. The molecule has 0 unspecified atom stereocenters. The Kier molecular flexibility index (Phi) is 9.32. The number of fused-ring (bicyclic) bond motifs is 17. The zero-order valence-corrected chi connectivity index (χ0v) is 49.4. The minimum absolute atomic E-state index is 0.0534. The van der Waals surface area contributed by atoms with E-state index in [-0.39, 0.29) is 46.8 Å². The standard InChI is InChI=1S/C82H47N7S2/c1-83-64-48-63(82-85-80(51-26-10-4-11-27-51)84-81(86-82)52-28-12-5-13-29-52)75(88-67-42-38-53(49-22-6-2-7-23-49)46-61(67)73-69(88)44-40-59-57-32-16-20-36-71(57)90-78(59)73)77(87-65-34-18-14-30-55(65)56-31-15-19-35-66(56)87)76(64)89-68-43-39-54(50-24-8-3-9-25-50)47-62(68)74-70(89)45-41-60-58-33-17-21-37-72(58)91-79(60)74/h2-48H/i2D,3D,6D,7D,8D,9D,22D,23D,24D,25D. The number of hydrogen-bond acceptors (Lipinski definition) is 5. The molecule has 0 aliphatic heterocycles. The minimum atomic E-state index is -0.493. The van der Waals surface area contributed by atoms with Gasteiger partial charge in [0.05, 0.1) is 70.4 Å². The molecule has 6 aromatic heterocycles. The van der Waals surface area contributed by atoms with E-state index in [0.717, 1.165) is 95.1 Å². The van der Waals surface area contributed by atoms with Crippen molar-refractivity contribution in [1.29, 1.82) is 0 Å². The van der Waals surface area contributed by atoms with E-state index < -0.39 is 36.3 Å². The van der Waals surface area contributed by atoms with Gasteiger partial charge in [0.1, 0.15) is 0 Å². The van der Waals surface area contributed by atoms with Gasteiger partial charge in [0.15, 0.2) is 17.5 Å². The van der Waals surface area contributed by atoms with Gasteiger partial charge in [-0.1, -0.05) is 218 Å². The minimum Gasteiger partial charge on any atom is -0.317 e. The highest BCUT2D eigenvalue weighted by molar-refractivity contribution is 7.27. The van der Waals surface area contributed by atoms with E-state index in [1.54, 1.807) is 28.7 Å². The van der Waals surface area contributed by atoms with Crippen LogP contribution in [0.5, 0.6) is 0 Å². The second-order valence-corrected chi connectivity index (χ2v) is 24.6. The van der Waals surface area contributed by atoms with Crippen LogP contribution < -0.4 is 0 Å². The summed E-state index contributed by atoms with van der Waals surface area (Å²) in [5.74, 6) is 1.01. The zero-order chi connectivity index (χ0) is 68.5. The number of nitrogens with zero attached hydrogens (tertiary/aromatic N) is 7. The average Bonchev–Trinajstić information content (AvgIpc) is 1.54. The molecule has 0 saturated heterocycles. The molecule has 0 aliphatic rings. The molecule has 0 fully saturated rings. The smallest absolute Gasteiger partial charge is 0.213 e. The second-order valence-electron chi connectivity index (χ2n) is 22.5. The fourth-order valence-electron chi connectivity index (χ4n) is 13.8. The first-order valence-electron chi connectivity index (χ1n) is 34.6. The van der Waals surface area contributed by atoms with E-state index in [0.29, 0.717) is 67.2 Å². The van der Waals surface area contributed by atoms with Crippen molar-refractivity contribution in [2.24, 2.45) is 0 Å². The van der Waals surface area contributed by atoms with E-state index in [1.807, 2.05) is 146 Å². The highest BCUT2D eigenvalue weighted by Crippen LogP contribution is 2.53. The maximum atomic E-state index is 9.84. The Bertz CT molecular complexity index is 6760. The maximum absolute atomic E-state index is 9.84. The van der Waals surface area contributed by atoms with Crippen LogP contribution in [0.3, 0.4) is 0 Å². The van der Waals surface area contributed by atoms with Crippen LogP contribution in [0.25, 0.3) is 184 Å². The summed E-state index contributed by atoms with van der Waals surface area (Å²) in [5, 5.41) is 9.03. The molecule has 19 aromatic rings. The molecule has 0 bridgehead atoms. The highest BCUT2D eigenvalue weighted by atomic mass is 32.1. The van der Waals surface area contributed by atoms with E-state index in [4.69, 9.17) is 23.2 Å². The molecule has 0 aliphatic carbocycles. The summed E-state index contributed by atoms with van der Waals surface area (Å²) in [6, 6.07) is 70.2. The molecule has 19 rings (SSSR count). The van der Waals surface area contributed by atoms with Gasteiger partial charge in [-0.25, -0.2) is 19.8 Å². The third kappa shape index (κ3) is 7.74. The molecule has 0 amide bonds. The van der Waals surface area contributed by atoms with Crippen molar-refractivity contribution in [2.45, 2.75) is 0 Å². The highest BCUT2D eigenvalue weighted by Gasteiger charge is 2.33. The Morgan fingerprint density at radius 3 is 1.22 bits per heavy atom. The van der Waals surface area contributed by atoms with Gasteiger partial charge >= 0.3 is 0 Å². The molecule has 9 heteroatoms. The third-order valence-corrected chi connectivity index (χ3v) is 20.1. The van der Waals surface area contributed by atoms with Gasteiger partial charge in [-0.3, -0.25) is 0 Å². The fraction of sp³-hybridized carbons (Fsp3) is 0. The monoisotopic (exact) mass is 1200 g/mol. The van der Waals surface area contributed by atoms with Crippen molar-refractivity contribution in [3.05, 3.63) is 296 Å². The van der Waals surface area contributed by atoms with Crippen molar-refractivity contribution in [1.82, 2.24) is 28.7 Å². The number of thiophene rings is 2. The second kappa shape index (κ2) is 20.1. The van der Waals surface area contributed by atoms with Crippen molar-refractivity contribution >= 4 is 134 Å². The van der Waals surface area contributed by atoms with E-state index in [1.165, 1.54) is 0 Å². The SMILES string of the molecule is [2H]c1c([2H])c([2H])c(-c2ccc3c(c2)c2c4sc5ccccc5c4ccc2n3-c2c([N+]#[C-])cc(-c3nc(-c4ccccc4)nc(-c4ccccc4)n3)c(-n3c4ccc(-c5c([2H])c([2H])c([2H])c([2H])c5[2H])cc4c4c5sc6ccccc6c5ccc43)c2-n2c3ccccc3c3ccccc32)c([2H])c1[2H]. The molecular formula is C82H47N7S2. The first-order chi connectivity index (χ1) is 49.3. The molecule has 6 heterocycles. The Labute approximate surface area is 543 Å². The summed E-state index contributed by atoms with van der Waals surface area (Å²) in [5.41, 5.74) is 9.01. The number of benzene rings is 13. The maximum Gasteiger partial charge on any atom is 0.213 e. The predicted molar refractivity (Wildman–Crippen MR) is 382 cm³/mol. The first kappa shape index (κ1) is 42.1. The van der Waals surface area contributed by atoms with Gasteiger partial charge in [-0.15, -0.1) is 22.7 Å². The van der Waals surface area contributed by atoms with E-state index in [2.05, 4.69) is 91.3 Å². The summed E-state index contributed by atoms with van der Waals surface area (Å²) < 4.78 is 101. The molecule has 0 radical (unpaired) electrons. The number of para-hydroxylation sites is 2. The zero-order valence-electron chi connectivity index (χ0n) is 57.8. The summed E-state index contributed by atoms with van der Waals surface area (Å²) in [6.45, 7) is 9.84. The average molecular weight is 1200 g/mol. The topological polar surface area (TPSA) is 57.8 Å². The van der Waals surface area contributed by atoms with Crippen LogP contribution in [0, 0.1) is 6.57 Å². The van der Waals surface area contributed by atoms with E-state index >= 15 is 0 Å². The number of hydrogen-bond donors (Lipinski definition) is 0. The van der Waals surface area contributed by atoms with Gasteiger partial charge in [0.2, 0.25) is 5.69 Å². The molecule has 0 N–H and O–H groups in total. The lowest BCUT2D eigenvalue weighted by Crippen LogP contribution is -2.12. The molecular weight excluding hydrogens is 1150 g/mol. The van der Waals surface area contributed by atoms with Crippen LogP contribution in [0.15, 0.2) is 285 Å². The van der Waals surface area contributed by atoms with Gasteiger partial charge in [-0.05, 0) is 89.0 Å². The Morgan fingerprint density at radius 1 is 0.319 bits per heavy atom. The summed E-state index contributed by atoms with van der Waals surface area (Å²) >= 11 is 3.28. The van der Waals surface area contributed by atoms with Gasteiger partial charge in [0, 0.05) is 89.4 Å². The summed E-state index contributed by atoms with van der Waals surface area (Å²) in [6.07, 6.45) is 0. The Balaban J connectivity index is 1.07. The van der Waals surface area contributed by atoms with Crippen molar-refractivity contribution in [3.63, 3.8) is 0 Å². The van der Waals surface area contributed by atoms with E-state index in [9.17, 15) is 12.1 Å². The lowest BCUT2D eigenvalue weighted by atomic mass is 10.0. The number of rotatable bonds is 8. The Hall–Kier alpha value is -11.8. The van der Waals surface area contributed by atoms with Crippen LogP contribution in [-0.2, 0) is 0 Å². The fourth-order valence-corrected chi connectivity index (χ4v) is 16.3. The lowest BCUT2D eigenvalue weighted by Gasteiger charge is -2.26. The molecule has 91 heavy (non-hydrogen) atoms. The van der Waals surface area contributed by atoms with Gasteiger partial charge < -0.3 is 13.7 Å². The molecule has 0 atom stereocenters. The Morgan fingerprint density at radius 2 is 0.725 bits per heavy atom. The van der Waals surface area contributed by atoms with Crippen molar-refractivity contribution < 1.29 is 13.7 Å². The van der Waals surface area contributed by atoms with Crippen LogP contribution >= 0.6 is 22.7 Å². The quantitative estimate of drug-likeness (QED) is 0.142. The van der Waals surface area contributed by atoms with Crippen LogP contribution in [0.4, 0.5) is 5.69 Å². The normalized spacial score (nSPS) is 13.5. The first-order valence-corrected chi connectivity index (χ1v) is 31.3.